The summed E-state index contributed by atoms with van der Waals surface area (Å²) in [5.41, 5.74) is -1.03. The molecule has 2 amide bonds. The molecule has 2 aromatic carbocycles. The Morgan fingerprint density at radius 2 is 1.62 bits per heavy atom. The van der Waals surface area contributed by atoms with E-state index in [9.17, 15) is 22.8 Å². The zero-order chi connectivity index (χ0) is 19.1. The molecule has 1 aliphatic heterocycles. The minimum absolute atomic E-state index is 0.0259. The van der Waals surface area contributed by atoms with Crippen LogP contribution in [0.2, 0.25) is 5.02 Å². The van der Waals surface area contributed by atoms with Crippen molar-refractivity contribution in [3.63, 3.8) is 0 Å². The van der Waals surface area contributed by atoms with Crippen molar-refractivity contribution in [2.45, 2.75) is 6.18 Å². The molecule has 0 radical (unpaired) electrons. The molecule has 1 aliphatic rings. The van der Waals surface area contributed by atoms with Crippen LogP contribution in [0, 0.1) is 0 Å². The molecular formula is C17H9Cl2F3N2O2. The lowest BCUT2D eigenvalue weighted by molar-refractivity contribution is -0.137. The number of carbonyl (C=O) groups excluding carboxylic acids is 2. The summed E-state index contributed by atoms with van der Waals surface area (Å²) >= 11 is 11.8. The molecule has 4 nitrogen and oxygen atoms in total. The van der Waals surface area contributed by atoms with Gasteiger partial charge in [0, 0.05) is 10.7 Å². The Labute approximate surface area is 155 Å². The first-order valence-corrected chi connectivity index (χ1v) is 7.92. The van der Waals surface area contributed by atoms with Crippen molar-refractivity contribution in [2.24, 2.45) is 0 Å². The summed E-state index contributed by atoms with van der Waals surface area (Å²) in [6.07, 6.45) is -4.54. The summed E-state index contributed by atoms with van der Waals surface area (Å²) in [6.45, 7) is 0. The van der Waals surface area contributed by atoms with Crippen LogP contribution in [0.15, 0.2) is 59.3 Å². The van der Waals surface area contributed by atoms with Crippen LogP contribution >= 0.6 is 23.2 Å². The highest BCUT2D eigenvalue weighted by Crippen LogP contribution is 2.33. The third-order valence-corrected chi connectivity index (χ3v) is 4.14. The second-order valence-electron chi connectivity index (χ2n) is 5.32. The van der Waals surface area contributed by atoms with Crippen molar-refractivity contribution in [2.75, 3.05) is 10.2 Å². The summed E-state index contributed by atoms with van der Waals surface area (Å²) in [4.78, 5) is 25.7. The number of benzene rings is 2. The van der Waals surface area contributed by atoms with Crippen LogP contribution < -0.4 is 10.2 Å². The van der Waals surface area contributed by atoms with Gasteiger partial charge in [-0.2, -0.15) is 13.2 Å². The number of anilines is 2. The monoisotopic (exact) mass is 400 g/mol. The lowest BCUT2D eigenvalue weighted by Crippen LogP contribution is -2.32. The molecule has 1 heterocycles. The fourth-order valence-corrected chi connectivity index (χ4v) is 2.78. The predicted octanol–water partition coefficient (Wildman–Crippen LogP) is 4.79. The van der Waals surface area contributed by atoms with E-state index in [2.05, 4.69) is 5.32 Å². The molecule has 0 saturated carbocycles. The molecule has 0 atom stereocenters. The maximum atomic E-state index is 12.8. The fourth-order valence-electron chi connectivity index (χ4n) is 2.38. The molecule has 0 aromatic heterocycles. The largest absolute Gasteiger partial charge is 0.416 e. The third-order valence-electron chi connectivity index (χ3n) is 3.55. The van der Waals surface area contributed by atoms with Crippen LogP contribution in [0.25, 0.3) is 0 Å². The SMILES string of the molecule is O=C1C(Cl)=C(Nc2cccc(C(F)(F)F)c2)C(=O)N1c1cccc(Cl)c1. The van der Waals surface area contributed by atoms with Gasteiger partial charge < -0.3 is 5.32 Å². The topological polar surface area (TPSA) is 49.4 Å². The molecule has 2 aromatic rings. The summed E-state index contributed by atoms with van der Waals surface area (Å²) in [7, 11) is 0. The number of nitrogens with one attached hydrogen (secondary N) is 1. The first-order chi connectivity index (χ1) is 12.2. The molecule has 1 N–H and O–H groups in total. The number of rotatable bonds is 3. The predicted molar refractivity (Wildman–Crippen MR) is 91.9 cm³/mol. The van der Waals surface area contributed by atoms with E-state index >= 15 is 0 Å². The molecule has 0 fully saturated rings. The minimum Gasteiger partial charge on any atom is -0.350 e. The molecule has 0 bridgehead atoms. The van der Waals surface area contributed by atoms with Gasteiger partial charge in [-0.05, 0) is 36.4 Å². The number of halogens is 5. The summed E-state index contributed by atoms with van der Waals surface area (Å²) in [5, 5.41) is 2.38. The molecule has 134 valence electrons. The van der Waals surface area contributed by atoms with E-state index in [4.69, 9.17) is 23.2 Å². The lowest BCUT2D eigenvalue weighted by Gasteiger charge is -2.15. The Hall–Kier alpha value is -2.51. The van der Waals surface area contributed by atoms with Crippen molar-refractivity contribution in [3.8, 4) is 0 Å². The van der Waals surface area contributed by atoms with Crippen molar-refractivity contribution >= 4 is 46.4 Å². The van der Waals surface area contributed by atoms with E-state index in [-0.39, 0.29) is 17.1 Å². The second kappa shape index (κ2) is 6.66. The standard InChI is InChI=1S/C17H9Cl2F3N2O2/c18-10-4-2-6-12(8-10)24-15(25)13(19)14(16(24)26)23-11-5-1-3-9(7-11)17(20,21)22/h1-8,23H. The van der Waals surface area contributed by atoms with E-state index in [1.54, 1.807) is 12.1 Å². The van der Waals surface area contributed by atoms with E-state index < -0.39 is 28.6 Å². The Kier molecular flexibility index (Phi) is 4.68. The van der Waals surface area contributed by atoms with Crippen LogP contribution in [-0.2, 0) is 15.8 Å². The molecule has 0 spiro atoms. The Bertz CT molecular complexity index is 942. The van der Waals surface area contributed by atoms with Gasteiger partial charge in [-0.3, -0.25) is 9.59 Å². The second-order valence-corrected chi connectivity index (χ2v) is 6.13. The van der Waals surface area contributed by atoms with Crippen LogP contribution in [0.3, 0.4) is 0 Å². The van der Waals surface area contributed by atoms with Crippen molar-refractivity contribution in [3.05, 3.63) is 69.8 Å². The summed E-state index contributed by atoms with van der Waals surface area (Å²) in [6, 6.07) is 10.2. The smallest absolute Gasteiger partial charge is 0.350 e. The van der Waals surface area contributed by atoms with E-state index in [1.807, 2.05) is 0 Å². The number of hydrogen-bond acceptors (Lipinski definition) is 3. The highest BCUT2D eigenvalue weighted by atomic mass is 35.5. The number of hydrogen-bond donors (Lipinski definition) is 1. The molecule has 0 aliphatic carbocycles. The number of nitrogens with zero attached hydrogens (tertiary/aromatic N) is 1. The summed E-state index contributed by atoms with van der Waals surface area (Å²) < 4.78 is 38.4. The normalized spacial score (nSPS) is 15.0. The lowest BCUT2D eigenvalue weighted by atomic mass is 10.2. The van der Waals surface area contributed by atoms with Gasteiger partial charge in [-0.1, -0.05) is 35.3 Å². The highest BCUT2D eigenvalue weighted by molar-refractivity contribution is 6.53. The highest BCUT2D eigenvalue weighted by Gasteiger charge is 2.39. The molecule has 0 unspecified atom stereocenters. The van der Waals surface area contributed by atoms with Crippen molar-refractivity contribution in [1.29, 1.82) is 0 Å². The first-order valence-electron chi connectivity index (χ1n) is 7.17. The third kappa shape index (κ3) is 3.40. The average Bonchev–Trinajstić information content (AvgIpc) is 2.78. The van der Waals surface area contributed by atoms with E-state index in [0.29, 0.717) is 5.02 Å². The van der Waals surface area contributed by atoms with Crippen molar-refractivity contribution in [1.82, 2.24) is 0 Å². The number of carbonyl (C=O) groups is 2. The van der Waals surface area contributed by atoms with Gasteiger partial charge in [0.15, 0.2) is 0 Å². The molecule has 26 heavy (non-hydrogen) atoms. The van der Waals surface area contributed by atoms with E-state index in [0.717, 1.165) is 17.0 Å². The maximum absolute atomic E-state index is 12.8. The fraction of sp³-hybridized carbons (Fsp3) is 0.0588. The van der Waals surface area contributed by atoms with Gasteiger partial charge in [0.2, 0.25) is 0 Å². The molecule has 0 saturated heterocycles. The Balaban J connectivity index is 1.92. The minimum atomic E-state index is -4.54. The molecular weight excluding hydrogens is 392 g/mol. The Morgan fingerprint density at radius 1 is 0.923 bits per heavy atom. The van der Waals surface area contributed by atoms with Crippen LogP contribution in [0.4, 0.5) is 24.5 Å². The van der Waals surface area contributed by atoms with Gasteiger partial charge in [-0.25, -0.2) is 4.90 Å². The quantitative estimate of drug-likeness (QED) is 0.753. The maximum Gasteiger partial charge on any atom is 0.416 e. The number of alkyl halides is 3. The van der Waals surface area contributed by atoms with Crippen molar-refractivity contribution < 1.29 is 22.8 Å². The zero-order valence-electron chi connectivity index (χ0n) is 12.8. The van der Waals surface area contributed by atoms with Gasteiger partial charge in [0.25, 0.3) is 11.8 Å². The molecule has 9 heteroatoms. The van der Waals surface area contributed by atoms with Gasteiger partial charge in [-0.15, -0.1) is 0 Å². The van der Waals surface area contributed by atoms with Crippen LogP contribution in [-0.4, -0.2) is 11.8 Å². The average molecular weight is 401 g/mol. The number of amides is 2. The first kappa shape index (κ1) is 18.3. The Morgan fingerprint density at radius 3 is 2.27 bits per heavy atom. The van der Waals surface area contributed by atoms with Gasteiger partial charge >= 0.3 is 6.18 Å². The number of imide groups is 1. The summed E-state index contributed by atoms with van der Waals surface area (Å²) in [5.74, 6) is -1.59. The van der Waals surface area contributed by atoms with Gasteiger partial charge in [0.05, 0.1) is 11.3 Å². The zero-order valence-corrected chi connectivity index (χ0v) is 14.3. The molecule has 3 rings (SSSR count). The van der Waals surface area contributed by atoms with E-state index in [1.165, 1.54) is 24.3 Å². The van der Waals surface area contributed by atoms with Crippen LogP contribution in [0.5, 0.6) is 0 Å². The van der Waals surface area contributed by atoms with Crippen LogP contribution in [0.1, 0.15) is 5.56 Å². The van der Waals surface area contributed by atoms with Gasteiger partial charge in [0.1, 0.15) is 10.7 Å².